The molecule has 2 rings (SSSR count). The first-order valence-corrected chi connectivity index (χ1v) is 7.04. The van der Waals surface area contributed by atoms with E-state index >= 15 is 0 Å². The summed E-state index contributed by atoms with van der Waals surface area (Å²) in [5.41, 5.74) is -0.955. The first-order chi connectivity index (χ1) is 10.0. The van der Waals surface area contributed by atoms with Gasteiger partial charge in [-0.15, -0.1) is 0 Å². The Balaban J connectivity index is 2.39. The first kappa shape index (κ1) is 16.8. The molecule has 0 spiro atoms. The SMILES string of the molecule is CC(C)(C)N1C[C@H](c2cc(F)cc(C(F)(F)F)c2)[C@@H](C#N)C1. The van der Waals surface area contributed by atoms with Crippen LogP contribution in [0.25, 0.3) is 0 Å². The highest BCUT2D eigenvalue weighted by Gasteiger charge is 2.40. The van der Waals surface area contributed by atoms with E-state index in [2.05, 4.69) is 6.07 Å². The highest BCUT2D eigenvalue weighted by molar-refractivity contribution is 5.32. The van der Waals surface area contributed by atoms with Gasteiger partial charge in [0.2, 0.25) is 0 Å². The summed E-state index contributed by atoms with van der Waals surface area (Å²) in [6, 6.07) is 4.70. The lowest BCUT2D eigenvalue weighted by Crippen LogP contribution is -2.39. The Hall–Kier alpha value is -1.61. The van der Waals surface area contributed by atoms with E-state index in [-0.39, 0.29) is 11.1 Å². The molecule has 0 aliphatic carbocycles. The van der Waals surface area contributed by atoms with Crippen molar-refractivity contribution in [1.29, 1.82) is 5.26 Å². The van der Waals surface area contributed by atoms with E-state index in [4.69, 9.17) is 0 Å². The number of likely N-dealkylation sites (tertiary alicyclic amines) is 1. The van der Waals surface area contributed by atoms with Crippen LogP contribution < -0.4 is 0 Å². The van der Waals surface area contributed by atoms with Gasteiger partial charge in [-0.25, -0.2) is 4.39 Å². The molecule has 1 aromatic rings. The third-order valence-electron chi connectivity index (χ3n) is 4.11. The van der Waals surface area contributed by atoms with Gasteiger partial charge in [0.05, 0.1) is 17.6 Å². The van der Waals surface area contributed by atoms with Crippen LogP contribution in [0.5, 0.6) is 0 Å². The van der Waals surface area contributed by atoms with E-state index in [1.54, 1.807) is 0 Å². The topological polar surface area (TPSA) is 27.0 Å². The second kappa shape index (κ2) is 5.54. The zero-order valence-corrected chi connectivity index (χ0v) is 12.7. The van der Waals surface area contributed by atoms with Crippen LogP contribution in [0.2, 0.25) is 0 Å². The highest BCUT2D eigenvalue weighted by atomic mass is 19.4. The van der Waals surface area contributed by atoms with Crippen molar-refractivity contribution in [3.63, 3.8) is 0 Å². The van der Waals surface area contributed by atoms with Gasteiger partial charge in [-0.3, -0.25) is 4.90 Å². The van der Waals surface area contributed by atoms with Crippen molar-refractivity contribution < 1.29 is 17.6 Å². The number of alkyl halides is 3. The van der Waals surface area contributed by atoms with Crippen molar-refractivity contribution in [2.75, 3.05) is 13.1 Å². The van der Waals surface area contributed by atoms with E-state index < -0.39 is 29.4 Å². The minimum atomic E-state index is -4.60. The fourth-order valence-corrected chi connectivity index (χ4v) is 2.81. The summed E-state index contributed by atoms with van der Waals surface area (Å²) in [7, 11) is 0. The van der Waals surface area contributed by atoms with Crippen molar-refractivity contribution in [1.82, 2.24) is 4.90 Å². The molecule has 0 aromatic heterocycles. The third kappa shape index (κ3) is 3.41. The van der Waals surface area contributed by atoms with Gasteiger partial charge in [-0.1, -0.05) is 0 Å². The summed E-state index contributed by atoms with van der Waals surface area (Å²) in [5, 5.41) is 9.29. The lowest BCUT2D eigenvalue weighted by Gasteiger charge is -2.31. The lowest BCUT2D eigenvalue weighted by atomic mass is 9.89. The van der Waals surface area contributed by atoms with Crippen molar-refractivity contribution in [2.45, 2.75) is 38.4 Å². The van der Waals surface area contributed by atoms with Crippen molar-refractivity contribution in [3.05, 3.63) is 35.1 Å². The Labute approximate surface area is 127 Å². The Bertz CT molecular complexity index is 596. The number of rotatable bonds is 1. The maximum atomic E-state index is 13.6. The first-order valence-electron chi connectivity index (χ1n) is 7.04. The van der Waals surface area contributed by atoms with Crippen molar-refractivity contribution >= 4 is 0 Å². The molecule has 0 unspecified atom stereocenters. The van der Waals surface area contributed by atoms with Gasteiger partial charge in [0.25, 0.3) is 0 Å². The molecular weight excluding hydrogens is 296 g/mol. The van der Waals surface area contributed by atoms with E-state index in [9.17, 15) is 22.8 Å². The molecule has 0 saturated carbocycles. The van der Waals surface area contributed by atoms with E-state index in [0.29, 0.717) is 19.2 Å². The highest BCUT2D eigenvalue weighted by Crippen LogP contribution is 2.38. The van der Waals surface area contributed by atoms with Crippen molar-refractivity contribution in [3.8, 4) is 6.07 Å². The zero-order valence-electron chi connectivity index (χ0n) is 12.7. The van der Waals surface area contributed by atoms with Gasteiger partial charge in [0, 0.05) is 24.5 Å². The van der Waals surface area contributed by atoms with Crippen LogP contribution in [0.1, 0.15) is 37.8 Å². The number of nitrogens with zero attached hydrogens (tertiary/aromatic N) is 2. The Morgan fingerprint density at radius 3 is 2.27 bits per heavy atom. The molecular formula is C16H18F4N2. The van der Waals surface area contributed by atoms with E-state index in [1.165, 1.54) is 0 Å². The zero-order chi connectivity index (χ0) is 16.7. The minimum absolute atomic E-state index is 0.190. The molecule has 1 fully saturated rings. The van der Waals surface area contributed by atoms with Crippen LogP contribution in [0.4, 0.5) is 17.6 Å². The molecule has 1 heterocycles. The maximum absolute atomic E-state index is 13.6. The summed E-state index contributed by atoms with van der Waals surface area (Å²) in [5.74, 6) is -1.78. The van der Waals surface area contributed by atoms with Gasteiger partial charge in [0.15, 0.2) is 0 Å². The second-order valence-corrected chi connectivity index (χ2v) is 6.69. The monoisotopic (exact) mass is 314 g/mol. The summed E-state index contributed by atoms with van der Waals surface area (Å²) < 4.78 is 52.1. The standard InChI is InChI=1S/C16H18F4N2/c1-15(2,3)22-8-11(7-21)14(9-22)10-4-12(16(18,19)20)6-13(17)5-10/h4-6,11,14H,8-9H2,1-3H3/t11-,14+/m0/s1. The number of nitriles is 1. The van der Waals surface area contributed by atoms with Crippen LogP contribution in [-0.4, -0.2) is 23.5 Å². The molecule has 0 radical (unpaired) electrons. The molecule has 1 saturated heterocycles. The molecule has 1 aliphatic heterocycles. The summed E-state index contributed by atoms with van der Waals surface area (Å²) >= 11 is 0. The number of hydrogen-bond donors (Lipinski definition) is 0. The van der Waals surface area contributed by atoms with E-state index in [0.717, 1.165) is 12.1 Å². The van der Waals surface area contributed by atoms with Gasteiger partial charge in [-0.05, 0) is 44.5 Å². The Morgan fingerprint density at radius 2 is 1.77 bits per heavy atom. The van der Waals surface area contributed by atoms with Crippen molar-refractivity contribution in [2.24, 2.45) is 5.92 Å². The summed E-state index contributed by atoms with van der Waals surface area (Å²) in [6.45, 7) is 6.87. The Morgan fingerprint density at radius 1 is 1.14 bits per heavy atom. The molecule has 6 heteroatoms. The number of benzene rings is 1. The predicted octanol–water partition coefficient (Wildman–Crippen LogP) is 4.18. The van der Waals surface area contributed by atoms with Gasteiger partial charge < -0.3 is 0 Å². The normalized spacial score (nSPS) is 23.5. The maximum Gasteiger partial charge on any atom is 0.416 e. The molecule has 1 aromatic carbocycles. The smallest absolute Gasteiger partial charge is 0.297 e. The molecule has 2 nitrogen and oxygen atoms in total. The molecule has 0 bridgehead atoms. The summed E-state index contributed by atoms with van der Waals surface area (Å²) in [4.78, 5) is 2.05. The average Bonchev–Trinajstić information content (AvgIpc) is 2.80. The van der Waals surface area contributed by atoms with Crippen LogP contribution in [0.3, 0.4) is 0 Å². The molecule has 1 aliphatic rings. The predicted molar refractivity (Wildman–Crippen MR) is 74.6 cm³/mol. The molecule has 2 atom stereocenters. The van der Waals surface area contributed by atoms with Crippen LogP contribution in [0, 0.1) is 23.1 Å². The molecule has 22 heavy (non-hydrogen) atoms. The fourth-order valence-electron chi connectivity index (χ4n) is 2.81. The fraction of sp³-hybridized carbons (Fsp3) is 0.562. The molecule has 120 valence electrons. The van der Waals surface area contributed by atoms with Gasteiger partial charge in [0.1, 0.15) is 5.82 Å². The Kier molecular flexibility index (Phi) is 4.22. The van der Waals surface area contributed by atoms with Gasteiger partial charge in [-0.2, -0.15) is 18.4 Å². The summed E-state index contributed by atoms with van der Waals surface area (Å²) in [6.07, 6.45) is -4.60. The second-order valence-electron chi connectivity index (χ2n) is 6.69. The van der Waals surface area contributed by atoms with Gasteiger partial charge >= 0.3 is 6.18 Å². The third-order valence-corrected chi connectivity index (χ3v) is 4.11. The lowest BCUT2D eigenvalue weighted by molar-refractivity contribution is -0.137. The minimum Gasteiger partial charge on any atom is -0.297 e. The van der Waals surface area contributed by atoms with Crippen LogP contribution in [0.15, 0.2) is 18.2 Å². The number of hydrogen-bond acceptors (Lipinski definition) is 2. The van der Waals surface area contributed by atoms with Crippen LogP contribution in [-0.2, 0) is 6.18 Å². The average molecular weight is 314 g/mol. The quantitative estimate of drug-likeness (QED) is 0.727. The molecule has 0 N–H and O–H groups in total. The van der Waals surface area contributed by atoms with E-state index in [1.807, 2.05) is 25.7 Å². The number of halogens is 4. The molecule has 0 amide bonds. The largest absolute Gasteiger partial charge is 0.416 e. The van der Waals surface area contributed by atoms with Crippen LogP contribution >= 0.6 is 0 Å².